The van der Waals surface area contributed by atoms with E-state index in [0.717, 1.165) is 22.4 Å². The molecule has 37 heavy (non-hydrogen) atoms. The van der Waals surface area contributed by atoms with Crippen molar-refractivity contribution in [2.45, 2.75) is 47.1 Å². The Morgan fingerprint density at radius 2 is 1.08 bits per heavy atom. The first-order chi connectivity index (χ1) is 17.5. The fraction of sp³-hybridized carbons (Fsp3) is 0.355. The smallest absolute Gasteiger partial charge is 0.311 e. The van der Waals surface area contributed by atoms with Crippen LogP contribution < -0.4 is 4.74 Å². The summed E-state index contributed by atoms with van der Waals surface area (Å²) in [5.74, 6) is 0.630. The van der Waals surface area contributed by atoms with Crippen molar-refractivity contribution in [3.8, 4) is 11.5 Å². The molecule has 0 heterocycles. The van der Waals surface area contributed by atoms with E-state index in [1.807, 2.05) is 82.3 Å². The van der Waals surface area contributed by atoms with Gasteiger partial charge in [0.1, 0.15) is 18.1 Å². The second-order valence-electron chi connectivity index (χ2n) is 10.2. The Morgan fingerprint density at radius 1 is 0.649 bits per heavy atom. The molecule has 1 N–H and O–H groups in total. The van der Waals surface area contributed by atoms with Crippen LogP contribution >= 0.6 is 0 Å². The molecule has 0 spiro atoms. The van der Waals surface area contributed by atoms with Crippen molar-refractivity contribution in [2.75, 3.05) is 14.2 Å². The Bertz CT molecular complexity index is 1120. The van der Waals surface area contributed by atoms with Gasteiger partial charge in [0, 0.05) is 0 Å². The van der Waals surface area contributed by atoms with Gasteiger partial charge in [-0.05, 0) is 81.5 Å². The maximum atomic E-state index is 11.7. The number of rotatable bonds is 9. The van der Waals surface area contributed by atoms with Crippen LogP contribution in [0.2, 0.25) is 0 Å². The van der Waals surface area contributed by atoms with E-state index in [2.05, 4.69) is 0 Å². The molecule has 3 aromatic rings. The van der Waals surface area contributed by atoms with Crippen LogP contribution in [0.25, 0.3) is 0 Å². The summed E-state index contributed by atoms with van der Waals surface area (Å²) in [4.78, 5) is 23.2. The number of benzene rings is 3. The lowest BCUT2D eigenvalue weighted by molar-refractivity contribution is -0.151. The van der Waals surface area contributed by atoms with Gasteiger partial charge in [-0.25, -0.2) is 0 Å². The molecule has 6 heteroatoms. The highest BCUT2D eigenvalue weighted by molar-refractivity contribution is 5.76. The average Bonchev–Trinajstić information content (AvgIpc) is 2.89. The maximum Gasteiger partial charge on any atom is 0.311 e. The minimum Gasteiger partial charge on any atom is -0.508 e. The summed E-state index contributed by atoms with van der Waals surface area (Å²) in [6, 6.07) is 24.7. The third-order valence-corrected chi connectivity index (χ3v) is 5.88. The maximum absolute atomic E-state index is 11.7. The summed E-state index contributed by atoms with van der Waals surface area (Å²) in [5.41, 5.74) is 2.16. The van der Waals surface area contributed by atoms with Crippen LogP contribution in [0.3, 0.4) is 0 Å². The van der Waals surface area contributed by atoms with Gasteiger partial charge in [-0.15, -0.1) is 0 Å². The van der Waals surface area contributed by atoms with Gasteiger partial charge in [0.25, 0.3) is 0 Å². The summed E-state index contributed by atoms with van der Waals surface area (Å²) < 4.78 is 15.3. The normalized spacial score (nSPS) is 11.1. The van der Waals surface area contributed by atoms with E-state index in [-0.39, 0.29) is 17.7 Å². The fourth-order valence-corrected chi connectivity index (χ4v) is 3.78. The van der Waals surface area contributed by atoms with Gasteiger partial charge < -0.3 is 19.3 Å². The number of ether oxygens (including phenoxy) is 3. The highest BCUT2D eigenvalue weighted by Crippen LogP contribution is 2.25. The average molecular weight is 507 g/mol. The first kappa shape index (κ1) is 29.4. The molecule has 0 aliphatic heterocycles. The highest BCUT2D eigenvalue weighted by Gasteiger charge is 2.29. The van der Waals surface area contributed by atoms with Crippen molar-refractivity contribution in [1.82, 2.24) is 0 Å². The lowest BCUT2D eigenvalue weighted by Gasteiger charge is -2.21. The van der Waals surface area contributed by atoms with Gasteiger partial charge in [-0.3, -0.25) is 9.59 Å². The van der Waals surface area contributed by atoms with E-state index in [1.54, 1.807) is 24.3 Å². The molecule has 0 atom stereocenters. The van der Waals surface area contributed by atoms with Crippen LogP contribution in [0.15, 0.2) is 78.9 Å². The Kier molecular flexibility index (Phi) is 10.7. The number of carbonyl (C=O) groups is 2. The highest BCUT2D eigenvalue weighted by atomic mass is 16.5. The number of methoxy groups -OCH3 is 2. The standard InChI is InChI=1S/C19H22O3.C12H16O3/c1-19(2,18(20)21-3)13-15-9-11-17(12-10-15)22-14-16-7-5-4-6-8-16;1-12(2,11(14)15-3)8-9-4-6-10(13)7-5-9/h4-12H,13-14H2,1-3H3;4-7,13H,8H2,1-3H3. The summed E-state index contributed by atoms with van der Waals surface area (Å²) in [5, 5.41) is 9.12. The number of carbonyl (C=O) groups excluding carboxylic acids is 2. The fourth-order valence-electron chi connectivity index (χ4n) is 3.78. The number of aromatic hydroxyl groups is 1. The third kappa shape index (κ3) is 9.64. The van der Waals surface area contributed by atoms with E-state index in [0.29, 0.717) is 19.4 Å². The molecule has 0 amide bonds. The Hall–Kier alpha value is -3.80. The zero-order valence-corrected chi connectivity index (χ0v) is 22.6. The van der Waals surface area contributed by atoms with Crippen LogP contribution in [0.4, 0.5) is 0 Å². The monoisotopic (exact) mass is 506 g/mol. The quantitative estimate of drug-likeness (QED) is 0.351. The van der Waals surface area contributed by atoms with Gasteiger partial charge in [-0.1, -0.05) is 54.6 Å². The second kappa shape index (κ2) is 13.5. The van der Waals surface area contributed by atoms with Crippen LogP contribution in [-0.4, -0.2) is 31.3 Å². The molecule has 0 saturated carbocycles. The molecule has 0 unspecified atom stereocenters. The summed E-state index contributed by atoms with van der Waals surface area (Å²) in [6.45, 7) is 8.00. The van der Waals surface area contributed by atoms with Crippen molar-refractivity contribution in [3.63, 3.8) is 0 Å². The molecule has 0 saturated heterocycles. The van der Waals surface area contributed by atoms with Gasteiger partial charge in [0.05, 0.1) is 25.0 Å². The van der Waals surface area contributed by atoms with E-state index < -0.39 is 10.8 Å². The van der Waals surface area contributed by atoms with Crippen molar-refractivity contribution in [2.24, 2.45) is 10.8 Å². The first-order valence-corrected chi connectivity index (χ1v) is 12.2. The molecule has 0 aliphatic rings. The van der Waals surface area contributed by atoms with Crippen LogP contribution in [0.5, 0.6) is 11.5 Å². The molecule has 0 aromatic heterocycles. The number of phenolic OH excluding ortho intramolecular Hbond substituents is 1. The van der Waals surface area contributed by atoms with Crippen molar-refractivity contribution in [1.29, 1.82) is 0 Å². The molecule has 6 nitrogen and oxygen atoms in total. The first-order valence-electron chi connectivity index (χ1n) is 12.2. The van der Waals surface area contributed by atoms with Crippen molar-refractivity contribution < 1.29 is 28.9 Å². The van der Waals surface area contributed by atoms with Crippen molar-refractivity contribution in [3.05, 3.63) is 95.6 Å². The van der Waals surface area contributed by atoms with E-state index in [4.69, 9.17) is 19.3 Å². The number of hydrogen-bond acceptors (Lipinski definition) is 6. The second-order valence-corrected chi connectivity index (χ2v) is 10.2. The van der Waals surface area contributed by atoms with Gasteiger partial charge in [0.15, 0.2) is 0 Å². The lowest BCUT2D eigenvalue weighted by atomic mass is 9.86. The predicted molar refractivity (Wildman–Crippen MR) is 144 cm³/mol. The zero-order chi connectivity index (χ0) is 27.5. The summed E-state index contributed by atoms with van der Waals surface area (Å²) in [6.07, 6.45) is 1.23. The largest absolute Gasteiger partial charge is 0.508 e. The van der Waals surface area contributed by atoms with Crippen LogP contribution in [0.1, 0.15) is 44.4 Å². The SMILES string of the molecule is COC(=O)C(C)(C)Cc1ccc(O)cc1.COC(=O)C(C)(C)Cc1ccc(OCc2ccccc2)cc1. The Balaban J connectivity index is 0.000000281. The molecular weight excluding hydrogens is 468 g/mol. The Labute approximate surface area is 220 Å². The van der Waals surface area contributed by atoms with Crippen molar-refractivity contribution >= 4 is 11.9 Å². The van der Waals surface area contributed by atoms with Gasteiger partial charge >= 0.3 is 11.9 Å². The minimum absolute atomic E-state index is 0.197. The zero-order valence-electron chi connectivity index (χ0n) is 22.6. The minimum atomic E-state index is -0.536. The molecule has 0 bridgehead atoms. The number of esters is 2. The van der Waals surface area contributed by atoms with E-state index >= 15 is 0 Å². The van der Waals surface area contributed by atoms with Gasteiger partial charge in [-0.2, -0.15) is 0 Å². The third-order valence-electron chi connectivity index (χ3n) is 5.88. The van der Waals surface area contributed by atoms with E-state index in [9.17, 15) is 9.59 Å². The molecule has 0 aliphatic carbocycles. The molecule has 0 radical (unpaired) electrons. The number of hydrogen-bond donors (Lipinski definition) is 1. The Morgan fingerprint density at radius 3 is 1.51 bits per heavy atom. The van der Waals surface area contributed by atoms with Gasteiger partial charge in [0.2, 0.25) is 0 Å². The molecule has 3 aromatic carbocycles. The summed E-state index contributed by atoms with van der Waals surface area (Å²) in [7, 11) is 2.81. The molecule has 3 rings (SSSR count). The van der Waals surface area contributed by atoms with Crippen LogP contribution in [-0.2, 0) is 38.5 Å². The molecular formula is C31H38O6. The topological polar surface area (TPSA) is 82.1 Å². The van der Waals surface area contributed by atoms with E-state index in [1.165, 1.54) is 14.2 Å². The number of phenols is 1. The lowest BCUT2D eigenvalue weighted by Crippen LogP contribution is -2.27. The molecule has 198 valence electrons. The summed E-state index contributed by atoms with van der Waals surface area (Å²) >= 11 is 0. The van der Waals surface area contributed by atoms with Crippen LogP contribution in [0, 0.1) is 10.8 Å². The molecule has 0 fully saturated rings. The predicted octanol–water partition coefficient (Wildman–Crippen LogP) is 6.14.